The standard InChI is InChI=1S/C15H22O2.C8H10/c1-6-11(2)17-14(16)12-9-7-8-10-13(12)15(3,4)5;1-2-8-6-4-3-5-7-8/h7-11H,6H2,1-5H3;3-7H,2H2,1H3. The third-order valence-electron chi connectivity index (χ3n) is 4.09. The van der Waals surface area contributed by atoms with Crippen LogP contribution < -0.4 is 0 Å². The lowest BCUT2D eigenvalue weighted by Crippen LogP contribution is -2.20. The highest BCUT2D eigenvalue weighted by atomic mass is 16.5. The van der Waals surface area contributed by atoms with E-state index >= 15 is 0 Å². The second-order valence-electron chi connectivity index (χ2n) is 7.26. The largest absolute Gasteiger partial charge is 0.459 e. The minimum absolute atomic E-state index is 0.0319. The molecule has 0 radical (unpaired) electrons. The molecule has 0 spiro atoms. The molecule has 0 aliphatic rings. The van der Waals surface area contributed by atoms with Gasteiger partial charge in [-0.05, 0) is 42.4 Å². The number of rotatable bonds is 4. The number of hydrogen-bond acceptors (Lipinski definition) is 2. The molecule has 0 heterocycles. The Bertz CT molecular complexity index is 639. The lowest BCUT2D eigenvalue weighted by atomic mass is 9.84. The number of carbonyl (C=O) groups excluding carboxylic acids is 1. The lowest BCUT2D eigenvalue weighted by molar-refractivity contribution is 0.0331. The van der Waals surface area contributed by atoms with E-state index in [1.165, 1.54) is 5.56 Å². The molecule has 2 aromatic carbocycles. The van der Waals surface area contributed by atoms with Gasteiger partial charge in [0.25, 0.3) is 0 Å². The summed E-state index contributed by atoms with van der Waals surface area (Å²) >= 11 is 0. The van der Waals surface area contributed by atoms with E-state index in [0.29, 0.717) is 5.56 Å². The van der Waals surface area contributed by atoms with Crippen molar-refractivity contribution in [1.29, 1.82) is 0 Å². The van der Waals surface area contributed by atoms with Crippen LogP contribution in [0.15, 0.2) is 54.6 Å². The molecule has 0 saturated heterocycles. The van der Waals surface area contributed by atoms with E-state index in [1.54, 1.807) is 0 Å². The van der Waals surface area contributed by atoms with Crippen LogP contribution in [-0.2, 0) is 16.6 Å². The molecule has 0 saturated carbocycles. The molecule has 2 nitrogen and oxygen atoms in total. The lowest BCUT2D eigenvalue weighted by Gasteiger charge is -2.22. The fourth-order valence-corrected chi connectivity index (χ4v) is 2.36. The van der Waals surface area contributed by atoms with Crippen molar-refractivity contribution in [2.24, 2.45) is 0 Å². The van der Waals surface area contributed by atoms with Crippen LogP contribution in [0, 0.1) is 0 Å². The molecule has 136 valence electrons. The highest BCUT2D eigenvalue weighted by Crippen LogP contribution is 2.26. The van der Waals surface area contributed by atoms with Gasteiger partial charge in [0.05, 0.1) is 11.7 Å². The predicted octanol–water partition coefficient (Wildman–Crippen LogP) is 6.19. The molecule has 0 aromatic heterocycles. The normalized spacial score (nSPS) is 11.9. The van der Waals surface area contributed by atoms with Crippen LogP contribution in [0.1, 0.15) is 69.4 Å². The molecule has 0 fully saturated rings. The van der Waals surface area contributed by atoms with E-state index in [9.17, 15) is 4.79 Å². The van der Waals surface area contributed by atoms with Crippen molar-refractivity contribution in [3.8, 4) is 0 Å². The number of benzene rings is 2. The van der Waals surface area contributed by atoms with Crippen molar-refractivity contribution in [2.75, 3.05) is 0 Å². The molecule has 0 bridgehead atoms. The molecule has 0 aliphatic carbocycles. The predicted molar refractivity (Wildman–Crippen MR) is 106 cm³/mol. The summed E-state index contributed by atoms with van der Waals surface area (Å²) in [5, 5.41) is 0. The van der Waals surface area contributed by atoms with Gasteiger partial charge in [0.15, 0.2) is 0 Å². The number of aryl methyl sites for hydroxylation is 1. The van der Waals surface area contributed by atoms with Crippen LogP contribution in [0.4, 0.5) is 0 Å². The average Bonchev–Trinajstić information content (AvgIpc) is 2.62. The quantitative estimate of drug-likeness (QED) is 0.620. The zero-order chi connectivity index (χ0) is 18.9. The Morgan fingerprint density at radius 1 is 0.960 bits per heavy atom. The summed E-state index contributed by atoms with van der Waals surface area (Å²) in [7, 11) is 0. The molecule has 1 atom stereocenters. The van der Waals surface area contributed by atoms with Gasteiger partial charge in [-0.3, -0.25) is 0 Å². The molecule has 25 heavy (non-hydrogen) atoms. The second kappa shape index (κ2) is 10.0. The second-order valence-corrected chi connectivity index (χ2v) is 7.26. The van der Waals surface area contributed by atoms with Gasteiger partial charge < -0.3 is 4.74 Å². The van der Waals surface area contributed by atoms with Crippen LogP contribution in [0.3, 0.4) is 0 Å². The van der Waals surface area contributed by atoms with E-state index in [0.717, 1.165) is 18.4 Å². The van der Waals surface area contributed by atoms with Gasteiger partial charge in [0, 0.05) is 0 Å². The smallest absolute Gasteiger partial charge is 0.338 e. The van der Waals surface area contributed by atoms with Gasteiger partial charge >= 0.3 is 5.97 Å². The van der Waals surface area contributed by atoms with Crippen LogP contribution in [0.25, 0.3) is 0 Å². The van der Waals surface area contributed by atoms with Gasteiger partial charge in [-0.2, -0.15) is 0 Å². The van der Waals surface area contributed by atoms with Crippen LogP contribution in [0.2, 0.25) is 0 Å². The Hall–Kier alpha value is -2.09. The van der Waals surface area contributed by atoms with E-state index in [-0.39, 0.29) is 17.5 Å². The average molecular weight is 341 g/mol. The van der Waals surface area contributed by atoms with Crippen LogP contribution in [0.5, 0.6) is 0 Å². The molecular weight excluding hydrogens is 308 g/mol. The Morgan fingerprint density at radius 3 is 2.00 bits per heavy atom. The first-order chi connectivity index (χ1) is 11.8. The van der Waals surface area contributed by atoms with Crippen molar-refractivity contribution < 1.29 is 9.53 Å². The van der Waals surface area contributed by atoms with E-state index in [1.807, 2.05) is 44.2 Å². The van der Waals surface area contributed by atoms with Gasteiger partial charge in [0.1, 0.15) is 0 Å². The van der Waals surface area contributed by atoms with Crippen molar-refractivity contribution in [3.05, 3.63) is 71.3 Å². The first-order valence-electron chi connectivity index (χ1n) is 9.14. The topological polar surface area (TPSA) is 26.3 Å². The summed E-state index contributed by atoms with van der Waals surface area (Å²) in [4.78, 5) is 12.1. The summed E-state index contributed by atoms with van der Waals surface area (Å²) in [5.41, 5.74) is 3.08. The van der Waals surface area contributed by atoms with E-state index in [2.05, 4.69) is 52.0 Å². The monoisotopic (exact) mass is 340 g/mol. The number of carbonyl (C=O) groups is 1. The van der Waals surface area contributed by atoms with Crippen LogP contribution >= 0.6 is 0 Å². The maximum Gasteiger partial charge on any atom is 0.338 e. The molecule has 0 aliphatic heterocycles. The van der Waals surface area contributed by atoms with E-state index < -0.39 is 0 Å². The van der Waals surface area contributed by atoms with Crippen molar-refractivity contribution in [2.45, 2.75) is 65.9 Å². The molecule has 0 amide bonds. The molecule has 2 aromatic rings. The van der Waals surface area contributed by atoms with Crippen molar-refractivity contribution in [1.82, 2.24) is 0 Å². The maximum absolute atomic E-state index is 12.1. The maximum atomic E-state index is 12.1. The Morgan fingerprint density at radius 2 is 1.52 bits per heavy atom. The Balaban J connectivity index is 0.000000324. The summed E-state index contributed by atoms with van der Waals surface area (Å²) in [5.74, 6) is -0.218. The van der Waals surface area contributed by atoms with Gasteiger partial charge in [-0.15, -0.1) is 0 Å². The number of hydrogen-bond donors (Lipinski definition) is 0. The minimum Gasteiger partial charge on any atom is -0.459 e. The zero-order valence-corrected chi connectivity index (χ0v) is 16.5. The van der Waals surface area contributed by atoms with E-state index in [4.69, 9.17) is 4.74 Å². The SMILES string of the molecule is CCC(C)OC(=O)c1ccccc1C(C)(C)C.CCc1ccccc1. The number of ether oxygens (including phenoxy) is 1. The highest BCUT2D eigenvalue weighted by Gasteiger charge is 2.22. The molecule has 1 unspecified atom stereocenters. The van der Waals surface area contributed by atoms with Crippen LogP contribution in [-0.4, -0.2) is 12.1 Å². The van der Waals surface area contributed by atoms with Crippen molar-refractivity contribution >= 4 is 5.97 Å². The third kappa shape index (κ3) is 7.13. The highest BCUT2D eigenvalue weighted by molar-refractivity contribution is 5.91. The third-order valence-corrected chi connectivity index (χ3v) is 4.09. The molecule has 0 N–H and O–H groups in total. The zero-order valence-electron chi connectivity index (χ0n) is 16.5. The van der Waals surface area contributed by atoms with Crippen molar-refractivity contribution in [3.63, 3.8) is 0 Å². The minimum atomic E-state index is -0.218. The summed E-state index contributed by atoms with van der Waals surface area (Å²) in [6.45, 7) is 12.4. The molecular formula is C23H32O2. The first-order valence-corrected chi connectivity index (χ1v) is 9.14. The Labute approximate surface area is 153 Å². The summed E-state index contributed by atoms with van der Waals surface area (Å²) in [6.07, 6.45) is 1.94. The fourth-order valence-electron chi connectivity index (χ4n) is 2.36. The van der Waals surface area contributed by atoms with Gasteiger partial charge in [0.2, 0.25) is 0 Å². The molecule has 2 rings (SSSR count). The van der Waals surface area contributed by atoms with Gasteiger partial charge in [-0.1, -0.05) is 83.1 Å². The Kier molecular flexibility index (Phi) is 8.40. The van der Waals surface area contributed by atoms with Gasteiger partial charge in [-0.25, -0.2) is 4.79 Å². The first kappa shape index (κ1) is 21.0. The summed E-state index contributed by atoms with van der Waals surface area (Å²) < 4.78 is 5.38. The fraction of sp³-hybridized carbons (Fsp3) is 0.435. The summed E-state index contributed by atoms with van der Waals surface area (Å²) in [6, 6.07) is 18.1. The number of esters is 1. The molecule has 2 heteroatoms.